The Kier molecular flexibility index (Phi) is 3.89. The first-order valence-electron chi connectivity index (χ1n) is 6.71. The van der Waals surface area contributed by atoms with Crippen LogP contribution >= 0.6 is 0 Å². The Labute approximate surface area is 89.5 Å². The van der Waals surface area contributed by atoms with Crippen LogP contribution in [0.15, 0.2) is 0 Å². The van der Waals surface area contributed by atoms with Gasteiger partial charge in [0.1, 0.15) is 0 Å². The highest BCUT2D eigenvalue weighted by Gasteiger charge is 2.26. The molecule has 0 amide bonds. The fourth-order valence-corrected chi connectivity index (χ4v) is 3.26. The summed E-state index contributed by atoms with van der Waals surface area (Å²) in [5.74, 6) is 4.00. The molecule has 2 aliphatic carbocycles. The lowest BCUT2D eigenvalue weighted by atomic mass is 9.74. The zero-order valence-electron chi connectivity index (χ0n) is 9.73. The van der Waals surface area contributed by atoms with E-state index >= 15 is 0 Å². The van der Waals surface area contributed by atoms with Crippen LogP contribution in [0.5, 0.6) is 0 Å². The van der Waals surface area contributed by atoms with Gasteiger partial charge in [-0.1, -0.05) is 45.4 Å². The van der Waals surface area contributed by atoms with E-state index in [-0.39, 0.29) is 0 Å². The summed E-state index contributed by atoms with van der Waals surface area (Å²) in [4.78, 5) is 0. The van der Waals surface area contributed by atoms with E-state index in [1.165, 1.54) is 64.2 Å². The second-order valence-electron chi connectivity index (χ2n) is 5.53. The monoisotopic (exact) mass is 193 g/mol. The maximum Gasteiger partial charge on any atom is -0.0210 e. The van der Waals surface area contributed by atoms with E-state index in [1.807, 2.05) is 5.92 Å². The molecule has 0 spiro atoms. The molecule has 14 heavy (non-hydrogen) atoms. The predicted molar refractivity (Wildman–Crippen MR) is 62.1 cm³/mol. The molecule has 0 aliphatic heterocycles. The summed E-state index contributed by atoms with van der Waals surface area (Å²) in [6, 6.07) is 0. The van der Waals surface area contributed by atoms with Crippen LogP contribution < -0.4 is 0 Å². The Bertz CT molecular complexity index is 145. The van der Waals surface area contributed by atoms with Gasteiger partial charge >= 0.3 is 0 Å². The minimum Gasteiger partial charge on any atom is -0.0625 e. The Morgan fingerprint density at radius 1 is 0.786 bits per heavy atom. The molecular formula is C14H25. The largest absolute Gasteiger partial charge is 0.0625 e. The van der Waals surface area contributed by atoms with Crippen molar-refractivity contribution in [3.8, 4) is 0 Å². The van der Waals surface area contributed by atoms with Crippen molar-refractivity contribution in [1.29, 1.82) is 0 Å². The molecule has 2 fully saturated rings. The van der Waals surface area contributed by atoms with E-state index in [0.29, 0.717) is 0 Å². The molecule has 0 saturated heterocycles. The van der Waals surface area contributed by atoms with Gasteiger partial charge in [-0.3, -0.25) is 0 Å². The quantitative estimate of drug-likeness (QED) is 0.528. The van der Waals surface area contributed by atoms with Crippen molar-refractivity contribution in [3.63, 3.8) is 0 Å². The highest BCUT2D eigenvalue weighted by atomic mass is 14.3. The topological polar surface area (TPSA) is 0 Å². The Hall–Kier alpha value is 0. The van der Waals surface area contributed by atoms with Crippen molar-refractivity contribution < 1.29 is 0 Å². The first kappa shape index (κ1) is 10.5. The minimum absolute atomic E-state index is 1.01. The lowest BCUT2D eigenvalue weighted by Gasteiger charge is -2.31. The average molecular weight is 193 g/mol. The van der Waals surface area contributed by atoms with E-state index in [9.17, 15) is 0 Å². The Morgan fingerprint density at radius 3 is 1.93 bits per heavy atom. The molecular weight excluding hydrogens is 168 g/mol. The summed E-state index contributed by atoms with van der Waals surface area (Å²) in [6.45, 7) is 2.42. The summed E-state index contributed by atoms with van der Waals surface area (Å²) >= 11 is 0. The second kappa shape index (κ2) is 5.19. The molecule has 0 aromatic carbocycles. The first-order valence-corrected chi connectivity index (χ1v) is 6.71. The van der Waals surface area contributed by atoms with E-state index in [0.717, 1.165) is 11.8 Å². The van der Waals surface area contributed by atoms with Gasteiger partial charge < -0.3 is 0 Å². The third kappa shape index (κ3) is 2.74. The molecule has 0 N–H and O–H groups in total. The predicted octanol–water partition coefficient (Wildman–Crippen LogP) is 4.74. The Balaban J connectivity index is 1.81. The van der Waals surface area contributed by atoms with Gasteiger partial charge in [0.15, 0.2) is 0 Å². The number of rotatable bonds is 1. The maximum atomic E-state index is 2.42. The van der Waals surface area contributed by atoms with Crippen LogP contribution in [0.1, 0.15) is 71.1 Å². The van der Waals surface area contributed by atoms with Gasteiger partial charge in [0.25, 0.3) is 0 Å². The minimum atomic E-state index is 1.01. The smallest absolute Gasteiger partial charge is 0.0210 e. The second-order valence-corrected chi connectivity index (χ2v) is 5.53. The van der Waals surface area contributed by atoms with Crippen LogP contribution in [0.3, 0.4) is 0 Å². The van der Waals surface area contributed by atoms with Gasteiger partial charge in [0, 0.05) is 0 Å². The number of hydrogen-bond acceptors (Lipinski definition) is 0. The fourth-order valence-electron chi connectivity index (χ4n) is 3.26. The van der Waals surface area contributed by atoms with Gasteiger partial charge in [-0.05, 0) is 43.4 Å². The van der Waals surface area contributed by atoms with Crippen molar-refractivity contribution in [1.82, 2.24) is 0 Å². The van der Waals surface area contributed by atoms with Crippen LogP contribution in [-0.4, -0.2) is 0 Å². The summed E-state index contributed by atoms with van der Waals surface area (Å²) in [6.07, 6.45) is 14.9. The normalized spacial score (nSPS) is 36.6. The van der Waals surface area contributed by atoms with Crippen molar-refractivity contribution in [3.05, 3.63) is 5.92 Å². The summed E-state index contributed by atoms with van der Waals surface area (Å²) in [5, 5.41) is 0. The zero-order valence-corrected chi connectivity index (χ0v) is 9.73. The van der Waals surface area contributed by atoms with E-state index in [2.05, 4.69) is 6.92 Å². The van der Waals surface area contributed by atoms with E-state index in [4.69, 9.17) is 0 Å². The van der Waals surface area contributed by atoms with Gasteiger partial charge in [0.2, 0.25) is 0 Å². The molecule has 0 nitrogen and oxygen atoms in total. The van der Waals surface area contributed by atoms with Crippen molar-refractivity contribution >= 4 is 0 Å². The molecule has 0 aromatic heterocycles. The van der Waals surface area contributed by atoms with Crippen LogP contribution in [-0.2, 0) is 0 Å². The molecule has 0 atom stereocenters. The lowest BCUT2D eigenvalue weighted by molar-refractivity contribution is 0.285. The molecule has 2 saturated carbocycles. The van der Waals surface area contributed by atoms with Crippen LogP contribution in [0.4, 0.5) is 0 Å². The highest BCUT2D eigenvalue weighted by molar-refractivity contribution is 4.98. The first-order chi connectivity index (χ1) is 6.86. The van der Waals surface area contributed by atoms with Gasteiger partial charge in [-0.25, -0.2) is 0 Å². The number of hydrogen-bond donors (Lipinski definition) is 0. The summed E-state index contributed by atoms with van der Waals surface area (Å²) in [5.41, 5.74) is 0. The molecule has 2 aliphatic rings. The SMILES string of the molecule is CC1CCC([C]2CCCCCC2)CC1. The van der Waals surface area contributed by atoms with Crippen molar-refractivity contribution in [2.75, 3.05) is 0 Å². The van der Waals surface area contributed by atoms with Crippen molar-refractivity contribution in [2.24, 2.45) is 11.8 Å². The van der Waals surface area contributed by atoms with E-state index in [1.54, 1.807) is 0 Å². The standard InChI is InChI=1S/C14H25/c1-12-8-10-14(11-9-12)13-6-4-2-3-5-7-13/h12,14H,2-11H2,1H3. The molecule has 0 bridgehead atoms. The maximum absolute atomic E-state index is 2.42. The molecule has 0 unspecified atom stereocenters. The third-order valence-corrected chi connectivity index (χ3v) is 4.34. The van der Waals surface area contributed by atoms with Gasteiger partial charge in [0.05, 0.1) is 0 Å². The molecule has 0 heterocycles. The van der Waals surface area contributed by atoms with Crippen molar-refractivity contribution in [2.45, 2.75) is 71.1 Å². The zero-order chi connectivity index (χ0) is 9.80. The lowest BCUT2D eigenvalue weighted by Crippen LogP contribution is -2.19. The molecule has 2 rings (SSSR count). The van der Waals surface area contributed by atoms with Crippen LogP contribution in [0.25, 0.3) is 0 Å². The Morgan fingerprint density at radius 2 is 1.36 bits per heavy atom. The average Bonchev–Trinajstić information content (AvgIpc) is 2.47. The summed E-state index contributed by atoms with van der Waals surface area (Å²) in [7, 11) is 0. The molecule has 0 heteroatoms. The molecule has 81 valence electrons. The van der Waals surface area contributed by atoms with Gasteiger partial charge in [-0.15, -0.1) is 0 Å². The van der Waals surface area contributed by atoms with Crippen LogP contribution in [0, 0.1) is 17.8 Å². The van der Waals surface area contributed by atoms with E-state index < -0.39 is 0 Å². The van der Waals surface area contributed by atoms with Crippen LogP contribution in [0.2, 0.25) is 0 Å². The summed E-state index contributed by atoms with van der Waals surface area (Å²) < 4.78 is 0. The van der Waals surface area contributed by atoms with Gasteiger partial charge in [-0.2, -0.15) is 0 Å². The molecule has 1 radical (unpaired) electrons. The molecule has 0 aromatic rings. The highest BCUT2D eigenvalue weighted by Crippen LogP contribution is 2.40. The third-order valence-electron chi connectivity index (χ3n) is 4.34. The fraction of sp³-hybridized carbons (Fsp3) is 0.929.